The zero-order chi connectivity index (χ0) is 31.3. The van der Waals surface area contributed by atoms with E-state index < -0.39 is 88.5 Å². The number of fused-ring (bicyclic) bond motifs is 4. The molecule has 0 aromatic heterocycles. The molecule has 1 aromatic carbocycles. The zero-order valence-electron chi connectivity index (χ0n) is 24.6. The number of rotatable bonds is 5. The molecule has 0 unspecified atom stereocenters. The Morgan fingerprint density at radius 2 is 1.72 bits per heavy atom. The molecule has 0 amide bonds. The molecule has 12 heteroatoms. The average molecular weight is 601 g/mol. The van der Waals surface area contributed by atoms with Gasteiger partial charge in [0.05, 0.1) is 40.6 Å². The van der Waals surface area contributed by atoms with Crippen molar-refractivity contribution in [1.82, 2.24) is 0 Å². The largest absolute Gasteiger partial charge is 0.462 e. The van der Waals surface area contributed by atoms with Crippen LogP contribution in [-0.4, -0.2) is 93.6 Å². The summed E-state index contributed by atoms with van der Waals surface area (Å²) in [6.07, 6.45) is -5.15. The molecule has 0 bridgehead atoms. The Labute approximate surface area is 247 Å². The van der Waals surface area contributed by atoms with Gasteiger partial charge in [0, 0.05) is 20.3 Å². The lowest BCUT2D eigenvalue weighted by molar-refractivity contribution is -0.369. The Morgan fingerprint density at radius 3 is 2.28 bits per heavy atom. The van der Waals surface area contributed by atoms with Crippen LogP contribution in [0.1, 0.15) is 57.8 Å². The van der Waals surface area contributed by atoms with E-state index in [2.05, 4.69) is 0 Å². The van der Waals surface area contributed by atoms with E-state index in [1.54, 1.807) is 30.3 Å². The minimum atomic E-state index is -2.58. The Morgan fingerprint density at radius 1 is 1.05 bits per heavy atom. The summed E-state index contributed by atoms with van der Waals surface area (Å²) < 4.78 is 29.7. The van der Waals surface area contributed by atoms with Crippen LogP contribution in [0.5, 0.6) is 0 Å². The summed E-state index contributed by atoms with van der Waals surface area (Å²) in [7, 11) is 0. The fourth-order valence-corrected chi connectivity index (χ4v) is 8.89. The summed E-state index contributed by atoms with van der Waals surface area (Å²) in [5.74, 6) is -4.58. The Balaban J connectivity index is 1.71. The van der Waals surface area contributed by atoms with Crippen molar-refractivity contribution in [3.05, 3.63) is 47.0 Å². The second-order valence-corrected chi connectivity index (χ2v) is 13.0. The van der Waals surface area contributed by atoms with Gasteiger partial charge in [0.25, 0.3) is 0 Å². The van der Waals surface area contributed by atoms with Crippen molar-refractivity contribution in [2.45, 2.75) is 88.7 Å². The van der Waals surface area contributed by atoms with Gasteiger partial charge >= 0.3 is 23.9 Å². The number of esters is 4. The van der Waals surface area contributed by atoms with Crippen LogP contribution in [0.25, 0.3) is 0 Å². The topological polar surface area (TPSA) is 175 Å². The van der Waals surface area contributed by atoms with Gasteiger partial charge in [0.2, 0.25) is 0 Å². The number of ether oxygens (including phenoxy) is 5. The maximum Gasteiger partial charge on any atom is 0.343 e. The molecule has 2 saturated carbocycles. The molecule has 232 valence electrons. The van der Waals surface area contributed by atoms with Crippen LogP contribution in [0.3, 0.4) is 0 Å². The normalized spacial score (nSPS) is 41.1. The van der Waals surface area contributed by atoms with Crippen molar-refractivity contribution in [2.75, 3.05) is 13.2 Å². The summed E-state index contributed by atoms with van der Waals surface area (Å²) in [5.41, 5.74) is -9.37. The molecule has 0 radical (unpaired) electrons. The predicted octanol–water partition coefficient (Wildman–Crippen LogP) is 0.991. The Bertz CT molecular complexity index is 1430. The first kappa shape index (κ1) is 29.7. The van der Waals surface area contributed by atoms with Gasteiger partial charge in [-0.25, -0.2) is 9.59 Å². The van der Waals surface area contributed by atoms with Gasteiger partial charge in [0.1, 0.15) is 24.9 Å². The van der Waals surface area contributed by atoms with E-state index in [1.807, 2.05) is 0 Å². The van der Waals surface area contributed by atoms with Crippen LogP contribution in [0.4, 0.5) is 0 Å². The molecule has 9 atom stereocenters. The molecule has 2 saturated heterocycles. The van der Waals surface area contributed by atoms with Crippen molar-refractivity contribution in [3.8, 4) is 0 Å². The summed E-state index contributed by atoms with van der Waals surface area (Å²) in [4.78, 5) is 53.0. The quantitative estimate of drug-likeness (QED) is 0.249. The third kappa shape index (κ3) is 3.57. The predicted molar refractivity (Wildman–Crippen MR) is 144 cm³/mol. The highest BCUT2D eigenvalue weighted by Gasteiger charge is 2.89. The standard InChI is InChI=1S/C31H36O12/c1-15-19(34)12-28(27(4,5)37)22(15)31(38)26(36)40-13-29(31)20(41-16(2)32)11-21-30(14-39-21,43-17(3)33)23(29)24(28)42-25(35)18-9-7-6-8-10-18/h6-10,19-21,23-24,34,37-38H,11-14H2,1-5H3/t19-,20-,21+,23+,24-,28-,29+,30-,31+/m0/s1. The van der Waals surface area contributed by atoms with E-state index in [0.29, 0.717) is 0 Å². The third-order valence-electron chi connectivity index (χ3n) is 10.5. The van der Waals surface area contributed by atoms with E-state index in [-0.39, 0.29) is 36.2 Å². The molecule has 1 spiro atoms. The van der Waals surface area contributed by atoms with Gasteiger partial charge in [-0.2, -0.15) is 0 Å². The van der Waals surface area contributed by atoms with Crippen molar-refractivity contribution < 1.29 is 58.2 Å². The van der Waals surface area contributed by atoms with E-state index in [4.69, 9.17) is 23.7 Å². The van der Waals surface area contributed by atoms with Crippen LogP contribution in [0.2, 0.25) is 0 Å². The lowest BCUT2D eigenvalue weighted by Gasteiger charge is -2.70. The molecule has 6 rings (SSSR count). The van der Waals surface area contributed by atoms with Gasteiger partial charge in [-0.1, -0.05) is 18.2 Å². The average Bonchev–Trinajstić information content (AvgIpc) is 3.35. The minimum Gasteiger partial charge on any atom is -0.462 e. The van der Waals surface area contributed by atoms with Crippen LogP contribution >= 0.6 is 0 Å². The first-order valence-electron chi connectivity index (χ1n) is 14.3. The van der Waals surface area contributed by atoms with E-state index >= 15 is 0 Å². The lowest BCUT2D eigenvalue weighted by atomic mass is 9.38. The number of hydrogen-bond donors (Lipinski definition) is 3. The molecular weight excluding hydrogens is 564 g/mol. The van der Waals surface area contributed by atoms with Crippen molar-refractivity contribution >= 4 is 23.9 Å². The monoisotopic (exact) mass is 600 g/mol. The highest BCUT2D eigenvalue weighted by molar-refractivity contribution is 5.91. The molecule has 4 fully saturated rings. The number of cyclic esters (lactones) is 1. The number of aliphatic hydroxyl groups is 3. The van der Waals surface area contributed by atoms with Crippen molar-refractivity contribution in [3.63, 3.8) is 0 Å². The fraction of sp³-hybridized carbons (Fsp3) is 0.613. The Hall–Kier alpha value is -3.32. The van der Waals surface area contributed by atoms with Crippen LogP contribution in [0.15, 0.2) is 41.5 Å². The molecule has 1 aromatic rings. The molecule has 12 nitrogen and oxygen atoms in total. The van der Waals surface area contributed by atoms with Crippen LogP contribution < -0.4 is 0 Å². The number of carbonyl (C=O) groups excluding carboxylic acids is 4. The van der Waals surface area contributed by atoms with Gasteiger partial charge in [-0.15, -0.1) is 0 Å². The maximum atomic E-state index is 13.9. The summed E-state index contributed by atoms with van der Waals surface area (Å²) in [6, 6.07) is 8.11. The highest BCUT2D eigenvalue weighted by Crippen LogP contribution is 2.75. The van der Waals surface area contributed by atoms with E-state index in [1.165, 1.54) is 34.6 Å². The van der Waals surface area contributed by atoms with Gasteiger partial charge in [-0.3, -0.25) is 9.59 Å². The first-order valence-corrected chi connectivity index (χ1v) is 14.3. The highest BCUT2D eigenvalue weighted by atomic mass is 16.6. The molecule has 2 heterocycles. The zero-order valence-corrected chi connectivity index (χ0v) is 24.6. The van der Waals surface area contributed by atoms with Crippen molar-refractivity contribution in [1.29, 1.82) is 0 Å². The van der Waals surface area contributed by atoms with E-state index in [0.717, 1.165) is 0 Å². The first-order chi connectivity index (χ1) is 20.1. The number of carbonyl (C=O) groups is 4. The second-order valence-electron chi connectivity index (χ2n) is 13.0. The number of benzene rings is 1. The third-order valence-corrected chi connectivity index (χ3v) is 10.5. The molecule has 2 aliphatic heterocycles. The molecule has 43 heavy (non-hydrogen) atoms. The molecule has 5 aliphatic rings. The lowest BCUT2D eigenvalue weighted by Crippen LogP contribution is -2.85. The molecule has 3 aliphatic carbocycles. The van der Waals surface area contributed by atoms with Crippen LogP contribution in [-0.2, 0) is 38.1 Å². The SMILES string of the molecule is CC(=O)O[C@H]1C[C@H]2OC[C@@]2(OC(C)=O)[C@@H]2[C@H](OC(=O)c3ccccc3)[C@]3(C(C)(C)O)C[C@H](O)C(C)=C3[C@@]3(O)C(=O)OC[C@@]123. The fourth-order valence-electron chi connectivity index (χ4n) is 8.89. The smallest absolute Gasteiger partial charge is 0.343 e. The Kier molecular flexibility index (Phi) is 6.46. The molecule has 3 N–H and O–H groups in total. The summed E-state index contributed by atoms with van der Waals surface area (Å²) in [6.45, 7) is 6.11. The molecular formula is C31H36O12. The maximum absolute atomic E-state index is 13.9. The summed E-state index contributed by atoms with van der Waals surface area (Å²) >= 11 is 0. The number of hydrogen-bond acceptors (Lipinski definition) is 12. The summed E-state index contributed by atoms with van der Waals surface area (Å²) in [5, 5.41) is 36.3. The minimum absolute atomic E-state index is 0.0570. The van der Waals surface area contributed by atoms with Gasteiger partial charge in [0.15, 0.2) is 11.2 Å². The van der Waals surface area contributed by atoms with Crippen LogP contribution in [0, 0.1) is 16.7 Å². The van der Waals surface area contributed by atoms with Crippen molar-refractivity contribution in [2.24, 2.45) is 16.7 Å². The van der Waals surface area contributed by atoms with Gasteiger partial charge < -0.3 is 39.0 Å². The van der Waals surface area contributed by atoms with Gasteiger partial charge in [-0.05, 0) is 50.5 Å². The number of aliphatic hydroxyl groups excluding tert-OH is 1. The second kappa shape index (κ2) is 9.34. The van der Waals surface area contributed by atoms with E-state index in [9.17, 15) is 34.5 Å².